The lowest BCUT2D eigenvalue weighted by Crippen LogP contribution is -2.57. The summed E-state index contributed by atoms with van der Waals surface area (Å²) >= 11 is 0. The first-order chi connectivity index (χ1) is 12.7. The highest BCUT2D eigenvalue weighted by Gasteiger charge is 2.63. The van der Waals surface area contributed by atoms with Crippen LogP contribution in [-0.2, 0) is 9.59 Å². The summed E-state index contributed by atoms with van der Waals surface area (Å²) < 4.78 is 0. The number of Topliss-reactive ketones (excluding diaryl/α,β-unsaturated/α-hetero) is 1. The molecule has 0 amide bonds. The highest BCUT2D eigenvalue weighted by molar-refractivity contribution is 5.83. The molecular formula is C23H36O4. The number of fused-ring (bicyclic) bond motifs is 5. The van der Waals surface area contributed by atoms with Crippen LogP contribution in [0.5, 0.6) is 0 Å². The van der Waals surface area contributed by atoms with Gasteiger partial charge in [0.25, 0.3) is 0 Å². The van der Waals surface area contributed by atoms with Gasteiger partial charge in [0.1, 0.15) is 5.78 Å². The summed E-state index contributed by atoms with van der Waals surface area (Å²) in [6.45, 7) is 6.85. The predicted octanol–water partition coefficient (Wildman–Crippen LogP) is 4.30. The average molecular weight is 377 g/mol. The second kappa shape index (κ2) is 6.57. The van der Waals surface area contributed by atoms with E-state index in [9.17, 15) is 19.8 Å². The molecule has 0 radical (unpaired) electrons. The smallest absolute Gasteiger partial charge is 0.303 e. The molecule has 4 saturated carbocycles. The minimum absolute atomic E-state index is 0.114. The second-order valence-corrected chi connectivity index (χ2v) is 10.8. The van der Waals surface area contributed by atoms with Crippen molar-refractivity contribution in [2.45, 2.75) is 84.7 Å². The van der Waals surface area contributed by atoms with Crippen LogP contribution >= 0.6 is 0 Å². The van der Waals surface area contributed by atoms with Crippen molar-refractivity contribution in [1.82, 2.24) is 0 Å². The van der Waals surface area contributed by atoms with Gasteiger partial charge in [-0.1, -0.05) is 20.8 Å². The van der Waals surface area contributed by atoms with E-state index in [4.69, 9.17) is 0 Å². The van der Waals surface area contributed by atoms with E-state index in [2.05, 4.69) is 20.8 Å². The van der Waals surface area contributed by atoms with Gasteiger partial charge in [0.2, 0.25) is 0 Å². The summed E-state index contributed by atoms with van der Waals surface area (Å²) in [5.74, 6) is 1.75. The molecule has 4 aliphatic rings. The number of carbonyl (C=O) groups is 2. The van der Waals surface area contributed by atoms with Crippen LogP contribution in [0.2, 0.25) is 0 Å². The van der Waals surface area contributed by atoms with Crippen molar-refractivity contribution in [3.63, 3.8) is 0 Å². The van der Waals surface area contributed by atoms with Gasteiger partial charge >= 0.3 is 5.97 Å². The summed E-state index contributed by atoms with van der Waals surface area (Å²) in [6.07, 6.45) is 7.78. The first-order valence-electron chi connectivity index (χ1n) is 11.1. The van der Waals surface area contributed by atoms with Gasteiger partial charge < -0.3 is 10.2 Å². The zero-order chi connectivity index (χ0) is 19.6. The number of rotatable bonds is 3. The summed E-state index contributed by atoms with van der Waals surface area (Å²) in [5, 5.41) is 19.4. The molecule has 4 heteroatoms. The highest BCUT2D eigenvalue weighted by atomic mass is 16.4. The van der Waals surface area contributed by atoms with Crippen molar-refractivity contribution in [2.24, 2.45) is 46.3 Å². The van der Waals surface area contributed by atoms with Crippen LogP contribution in [0.25, 0.3) is 0 Å². The first-order valence-corrected chi connectivity index (χ1v) is 11.1. The fourth-order valence-electron chi connectivity index (χ4n) is 8.30. The predicted molar refractivity (Wildman–Crippen MR) is 103 cm³/mol. The van der Waals surface area contributed by atoms with E-state index < -0.39 is 5.97 Å². The Morgan fingerprint density at radius 1 is 1.11 bits per heavy atom. The van der Waals surface area contributed by atoms with Gasteiger partial charge in [-0.3, -0.25) is 9.59 Å². The Kier molecular flexibility index (Phi) is 4.73. The molecule has 4 fully saturated rings. The van der Waals surface area contributed by atoms with Crippen molar-refractivity contribution < 1.29 is 19.8 Å². The summed E-state index contributed by atoms with van der Waals surface area (Å²) in [5.41, 5.74) is 0.312. The van der Waals surface area contributed by atoms with Crippen molar-refractivity contribution in [2.75, 3.05) is 0 Å². The Hall–Kier alpha value is -0.900. The Balaban J connectivity index is 1.61. The molecular weight excluding hydrogens is 340 g/mol. The van der Waals surface area contributed by atoms with E-state index in [1.165, 1.54) is 0 Å². The largest absolute Gasteiger partial charge is 0.481 e. The second-order valence-electron chi connectivity index (χ2n) is 10.8. The van der Waals surface area contributed by atoms with E-state index in [0.29, 0.717) is 35.9 Å². The molecule has 27 heavy (non-hydrogen) atoms. The third-order valence-corrected chi connectivity index (χ3v) is 9.70. The highest BCUT2D eigenvalue weighted by Crippen LogP contribution is 2.67. The number of aliphatic hydroxyl groups excluding tert-OH is 1. The third-order valence-electron chi connectivity index (χ3n) is 9.70. The number of carboxylic acid groups (broad SMARTS) is 1. The van der Waals surface area contributed by atoms with Crippen LogP contribution in [0.4, 0.5) is 0 Å². The van der Waals surface area contributed by atoms with Gasteiger partial charge in [0.05, 0.1) is 6.10 Å². The number of carbonyl (C=O) groups excluding carboxylic acids is 1. The lowest BCUT2D eigenvalue weighted by molar-refractivity contribution is -0.161. The lowest BCUT2D eigenvalue weighted by atomic mass is 9.44. The monoisotopic (exact) mass is 376 g/mol. The zero-order valence-corrected chi connectivity index (χ0v) is 17.1. The number of carboxylic acids is 1. The molecule has 0 aliphatic heterocycles. The molecule has 0 aromatic heterocycles. The molecule has 0 saturated heterocycles. The number of aliphatic hydroxyl groups is 1. The fraction of sp³-hybridized carbons (Fsp3) is 0.913. The van der Waals surface area contributed by atoms with Crippen molar-refractivity contribution in [3.05, 3.63) is 0 Å². The van der Waals surface area contributed by atoms with Crippen molar-refractivity contribution in [1.29, 1.82) is 0 Å². The van der Waals surface area contributed by atoms with Crippen LogP contribution in [-0.4, -0.2) is 28.1 Å². The van der Waals surface area contributed by atoms with E-state index in [1.807, 2.05) is 0 Å². The quantitative estimate of drug-likeness (QED) is 0.770. The average Bonchev–Trinajstić information content (AvgIpc) is 2.93. The summed E-state index contributed by atoms with van der Waals surface area (Å²) in [4.78, 5) is 24.6. The number of ketones is 1. The normalized spacial score (nSPS) is 50.4. The first kappa shape index (κ1) is 19.4. The Bertz CT molecular complexity index is 630. The molecule has 4 rings (SSSR count). The van der Waals surface area contributed by atoms with E-state index in [0.717, 1.165) is 44.9 Å². The summed E-state index contributed by atoms with van der Waals surface area (Å²) in [6, 6.07) is 0. The maximum Gasteiger partial charge on any atom is 0.303 e. The number of hydrogen-bond donors (Lipinski definition) is 2. The van der Waals surface area contributed by atoms with Crippen LogP contribution in [0.3, 0.4) is 0 Å². The van der Waals surface area contributed by atoms with E-state index >= 15 is 0 Å². The minimum atomic E-state index is -0.701. The Morgan fingerprint density at radius 2 is 1.78 bits per heavy atom. The van der Waals surface area contributed by atoms with E-state index in [-0.39, 0.29) is 35.2 Å². The topological polar surface area (TPSA) is 74.6 Å². The van der Waals surface area contributed by atoms with Gasteiger partial charge in [-0.2, -0.15) is 0 Å². The maximum absolute atomic E-state index is 13.3. The molecule has 0 bridgehead atoms. The third kappa shape index (κ3) is 2.89. The van der Waals surface area contributed by atoms with Crippen LogP contribution in [0.1, 0.15) is 78.6 Å². The van der Waals surface area contributed by atoms with Gasteiger partial charge in [0.15, 0.2) is 0 Å². The Labute approximate surface area is 163 Å². The molecule has 0 aromatic carbocycles. The van der Waals surface area contributed by atoms with Crippen molar-refractivity contribution >= 4 is 11.8 Å². The molecule has 152 valence electrons. The molecule has 4 nitrogen and oxygen atoms in total. The van der Waals surface area contributed by atoms with Crippen LogP contribution in [0.15, 0.2) is 0 Å². The molecule has 2 N–H and O–H groups in total. The minimum Gasteiger partial charge on any atom is -0.481 e. The lowest BCUT2D eigenvalue weighted by Gasteiger charge is -2.60. The molecule has 0 aromatic rings. The van der Waals surface area contributed by atoms with Crippen LogP contribution < -0.4 is 0 Å². The Morgan fingerprint density at radius 3 is 2.48 bits per heavy atom. The molecule has 9 atom stereocenters. The SMILES string of the molecule is C[C@H](CC(=O)O)[C@H]1CCC2C3C(=O)CC4C[C@H](O)CC[C@]4(C)C3CCC21C. The van der Waals surface area contributed by atoms with Crippen LogP contribution in [0, 0.1) is 46.3 Å². The van der Waals surface area contributed by atoms with Crippen molar-refractivity contribution in [3.8, 4) is 0 Å². The standard InChI is InChI=1S/C23H36O4/c1-13(10-20(26)27)16-4-5-17-21-18(7-9-23(16,17)3)22(2)8-6-15(24)11-14(22)12-19(21)25/h13-18,21,24H,4-12H2,1-3H3,(H,26,27)/t13-,14?,15-,16-,17?,18?,21?,22+,23?/m1/s1. The van der Waals surface area contributed by atoms with Gasteiger partial charge in [0, 0.05) is 18.8 Å². The van der Waals surface area contributed by atoms with Gasteiger partial charge in [-0.15, -0.1) is 0 Å². The van der Waals surface area contributed by atoms with Gasteiger partial charge in [-0.25, -0.2) is 0 Å². The van der Waals surface area contributed by atoms with E-state index in [1.54, 1.807) is 0 Å². The maximum atomic E-state index is 13.3. The fourth-order valence-corrected chi connectivity index (χ4v) is 8.30. The molecule has 5 unspecified atom stereocenters. The number of hydrogen-bond acceptors (Lipinski definition) is 3. The molecule has 0 heterocycles. The summed E-state index contributed by atoms with van der Waals surface area (Å²) in [7, 11) is 0. The zero-order valence-electron chi connectivity index (χ0n) is 17.1. The van der Waals surface area contributed by atoms with Gasteiger partial charge in [-0.05, 0) is 85.4 Å². The number of aliphatic carboxylic acids is 1. The molecule has 0 spiro atoms. The molecule has 4 aliphatic carbocycles.